The van der Waals surface area contributed by atoms with Crippen molar-refractivity contribution in [3.05, 3.63) is 6.20 Å². The predicted octanol–water partition coefficient (Wildman–Crippen LogP) is 1.13. The van der Waals surface area contributed by atoms with E-state index >= 15 is 0 Å². The van der Waals surface area contributed by atoms with Crippen LogP contribution in [-0.2, 0) is 13.6 Å². The first-order valence-electron chi connectivity index (χ1n) is 4.10. The highest BCUT2D eigenvalue weighted by Crippen LogP contribution is 2.45. The van der Waals surface area contributed by atoms with Gasteiger partial charge in [-0.3, -0.25) is 4.57 Å². The molecule has 1 aromatic rings. The molecule has 0 unspecified atom stereocenters. The summed E-state index contributed by atoms with van der Waals surface area (Å²) in [5, 5.41) is 9.52. The number of hydrogen-bond acceptors (Lipinski definition) is 5. The maximum Gasteiger partial charge on any atom is 0.383 e. The number of H-pyrrole nitrogens is 1. The standard InChI is InChI=1S/C6H10Cl2N3O3P/c7-1-3-13-15(12,14-4-2-8)6-5-9-11-10-6/h5H,1-4H2,(H,9,10,11). The zero-order valence-corrected chi connectivity index (χ0v) is 10.1. The summed E-state index contributed by atoms with van der Waals surface area (Å²) in [5.74, 6) is 0.429. The van der Waals surface area contributed by atoms with Crippen LogP contribution in [-0.4, -0.2) is 40.4 Å². The molecule has 0 amide bonds. The SMILES string of the molecule is O=P(OCCCl)(OCCCl)c1cn[nH]n1. The van der Waals surface area contributed by atoms with Crippen molar-refractivity contribution in [1.29, 1.82) is 0 Å². The van der Waals surface area contributed by atoms with E-state index in [1.54, 1.807) is 0 Å². The fourth-order valence-corrected chi connectivity index (χ4v) is 2.54. The van der Waals surface area contributed by atoms with Gasteiger partial charge in [0, 0.05) is 11.8 Å². The Kier molecular flexibility index (Phi) is 5.56. The van der Waals surface area contributed by atoms with Crippen LogP contribution in [0.5, 0.6) is 0 Å². The van der Waals surface area contributed by atoms with Crippen molar-refractivity contribution in [2.45, 2.75) is 0 Å². The van der Waals surface area contributed by atoms with Gasteiger partial charge >= 0.3 is 7.60 Å². The molecule has 0 saturated carbocycles. The molecular weight excluding hydrogens is 264 g/mol. The number of alkyl halides is 2. The number of halogens is 2. The fraction of sp³-hybridized carbons (Fsp3) is 0.667. The lowest BCUT2D eigenvalue weighted by molar-refractivity contribution is 0.231. The van der Waals surface area contributed by atoms with Crippen molar-refractivity contribution in [3.8, 4) is 0 Å². The number of hydrogen-bond donors (Lipinski definition) is 1. The molecule has 0 aliphatic heterocycles. The summed E-state index contributed by atoms with van der Waals surface area (Å²) >= 11 is 10.9. The molecule has 86 valence electrons. The highest BCUT2D eigenvalue weighted by molar-refractivity contribution is 7.61. The fourth-order valence-electron chi connectivity index (χ4n) is 0.806. The van der Waals surface area contributed by atoms with E-state index in [-0.39, 0.29) is 30.4 Å². The van der Waals surface area contributed by atoms with Crippen LogP contribution in [0.3, 0.4) is 0 Å². The van der Waals surface area contributed by atoms with Gasteiger partial charge in [-0.25, -0.2) is 0 Å². The average Bonchev–Trinajstić information content (AvgIpc) is 2.77. The Morgan fingerprint density at radius 3 is 2.33 bits per heavy atom. The van der Waals surface area contributed by atoms with Crippen LogP contribution < -0.4 is 5.44 Å². The first kappa shape index (κ1) is 12.9. The Morgan fingerprint density at radius 2 is 1.93 bits per heavy atom. The number of aromatic amines is 1. The maximum absolute atomic E-state index is 12.1. The molecule has 0 aliphatic rings. The average molecular weight is 274 g/mol. The predicted molar refractivity (Wildman–Crippen MR) is 57.0 cm³/mol. The van der Waals surface area contributed by atoms with Gasteiger partial charge in [-0.05, 0) is 0 Å². The van der Waals surface area contributed by atoms with Crippen molar-refractivity contribution >= 4 is 36.2 Å². The smallest absolute Gasteiger partial charge is 0.303 e. The zero-order valence-electron chi connectivity index (χ0n) is 7.73. The molecule has 0 radical (unpaired) electrons. The Hall–Kier alpha value is -0.130. The van der Waals surface area contributed by atoms with Crippen LogP contribution in [0.1, 0.15) is 0 Å². The molecule has 0 aliphatic carbocycles. The van der Waals surface area contributed by atoms with E-state index in [1.807, 2.05) is 0 Å². The molecule has 1 rings (SSSR count). The molecule has 0 atom stereocenters. The van der Waals surface area contributed by atoms with E-state index in [4.69, 9.17) is 32.2 Å². The largest absolute Gasteiger partial charge is 0.383 e. The maximum atomic E-state index is 12.1. The van der Waals surface area contributed by atoms with E-state index in [1.165, 1.54) is 6.20 Å². The van der Waals surface area contributed by atoms with Crippen molar-refractivity contribution in [2.24, 2.45) is 0 Å². The summed E-state index contributed by atoms with van der Waals surface area (Å²) in [6, 6.07) is 0. The third-order valence-corrected chi connectivity index (χ3v) is 3.49. The Labute approximate surface area is 96.8 Å². The minimum absolute atomic E-state index is 0.105. The van der Waals surface area contributed by atoms with Crippen molar-refractivity contribution < 1.29 is 13.6 Å². The summed E-state index contributed by atoms with van der Waals surface area (Å²) in [7, 11) is -3.43. The lowest BCUT2D eigenvalue weighted by Crippen LogP contribution is -2.13. The van der Waals surface area contributed by atoms with E-state index < -0.39 is 7.60 Å². The van der Waals surface area contributed by atoms with E-state index in [2.05, 4.69) is 15.4 Å². The minimum atomic E-state index is -3.43. The van der Waals surface area contributed by atoms with Crippen LogP contribution in [0.4, 0.5) is 0 Å². The van der Waals surface area contributed by atoms with Gasteiger partial charge in [0.25, 0.3) is 0 Å². The van der Waals surface area contributed by atoms with Crippen LogP contribution >= 0.6 is 30.8 Å². The Morgan fingerprint density at radius 1 is 1.33 bits per heavy atom. The van der Waals surface area contributed by atoms with Gasteiger partial charge in [0.2, 0.25) is 0 Å². The number of nitrogens with one attached hydrogen (secondary N) is 1. The van der Waals surface area contributed by atoms with Crippen molar-refractivity contribution in [1.82, 2.24) is 15.4 Å². The topological polar surface area (TPSA) is 77.1 Å². The molecule has 6 nitrogen and oxygen atoms in total. The number of rotatable bonds is 7. The monoisotopic (exact) mass is 273 g/mol. The molecular formula is C6H10Cl2N3O3P. The van der Waals surface area contributed by atoms with Gasteiger partial charge < -0.3 is 9.05 Å². The van der Waals surface area contributed by atoms with Gasteiger partial charge in [0.15, 0.2) is 5.44 Å². The molecule has 1 aromatic heterocycles. The highest BCUT2D eigenvalue weighted by Gasteiger charge is 2.30. The van der Waals surface area contributed by atoms with Gasteiger partial charge in [0.05, 0.1) is 19.4 Å². The number of aromatic nitrogens is 3. The molecule has 9 heteroatoms. The molecule has 15 heavy (non-hydrogen) atoms. The molecule has 1 N–H and O–H groups in total. The third-order valence-electron chi connectivity index (χ3n) is 1.36. The second kappa shape index (κ2) is 6.45. The lowest BCUT2D eigenvalue weighted by atomic mass is 10.9. The van der Waals surface area contributed by atoms with E-state index in [9.17, 15) is 4.57 Å². The molecule has 0 bridgehead atoms. The summed E-state index contributed by atoms with van der Waals surface area (Å²) < 4.78 is 22.2. The lowest BCUT2D eigenvalue weighted by Gasteiger charge is -2.14. The van der Waals surface area contributed by atoms with Gasteiger partial charge in [-0.15, -0.1) is 28.3 Å². The van der Waals surface area contributed by atoms with Gasteiger partial charge in [0.1, 0.15) is 0 Å². The second-order valence-electron chi connectivity index (χ2n) is 2.37. The second-order valence-corrected chi connectivity index (χ2v) is 5.10. The summed E-state index contributed by atoms with van der Waals surface area (Å²) in [6.45, 7) is 0.210. The van der Waals surface area contributed by atoms with Crippen LogP contribution in [0.2, 0.25) is 0 Å². The third kappa shape index (κ3) is 3.74. The van der Waals surface area contributed by atoms with Gasteiger partial charge in [-0.2, -0.15) is 10.3 Å². The minimum Gasteiger partial charge on any atom is -0.303 e. The summed E-state index contributed by atoms with van der Waals surface area (Å²) in [4.78, 5) is 0. The van der Waals surface area contributed by atoms with E-state index in [0.717, 1.165) is 0 Å². The molecule has 1 heterocycles. The van der Waals surface area contributed by atoms with Crippen LogP contribution in [0.25, 0.3) is 0 Å². The highest BCUT2D eigenvalue weighted by atomic mass is 35.5. The molecule has 0 spiro atoms. The van der Waals surface area contributed by atoms with Crippen LogP contribution in [0, 0.1) is 0 Å². The van der Waals surface area contributed by atoms with Crippen molar-refractivity contribution in [3.63, 3.8) is 0 Å². The first-order chi connectivity index (χ1) is 7.23. The van der Waals surface area contributed by atoms with Gasteiger partial charge in [-0.1, -0.05) is 0 Å². The summed E-state index contributed by atoms with van der Waals surface area (Å²) in [5.41, 5.74) is 0.123. The number of nitrogens with zero attached hydrogens (tertiary/aromatic N) is 2. The Bertz CT molecular complexity index is 309. The first-order valence-corrected chi connectivity index (χ1v) is 6.71. The summed E-state index contributed by atoms with van der Waals surface area (Å²) in [6.07, 6.45) is 1.28. The zero-order chi connectivity index (χ0) is 11.1. The van der Waals surface area contributed by atoms with E-state index in [0.29, 0.717) is 0 Å². The normalized spacial score (nSPS) is 11.9. The van der Waals surface area contributed by atoms with Crippen molar-refractivity contribution in [2.75, 3.05) is 25.0 Å². The molecule has 0 aromatic carbocycles. The molecule has 0 saturated heterocycles. The quantitative estimate of drug-likeness (QED) is 0.595. The molecule has 0 fully saturated rings. The Balaban J connectivity index is 2.72. The van der Waals surface area contributed by atoms with Crippen LogP contribution in [0.15, 0.2) is 6.20 Å².